The molecule has 0 fully saturated rings. The Balaban J connectivity index is 1.48. The molecule has 3 rings (SSSR count). The first-order valence-electron chi connectivity index (χ1n) is 11.9. The third-order valence-electron chi connectivity index (χ3n) is 5.75. The molecular formula is C29H35NO2. The first kappa shape index (κ1) is 23.6. The minimum absolute atomic E-state index is 0.0349. The summed E-state index contributed by atoms with van der Waals surface area (Å²) in [4.78, 5) is 12.6. The molecule has 0 unspecified atom stereocenters. The SMILES string of the molecule is CCCCCCCCOc1ccc(-c2ccc(C(=O)N[C@H](C)c3ccccc3)cc2)cc1. The monoisotopic (exact) mass is 429 g/mol. The Bertz CT molecular complexity index is 933. The van der Waals surface area contributed by atoms with Crippen LogP contribution in [0, 0.1) is 0 Å². The molecule has 1 N–H and O–H groups in total. The summed E-state index contributed by atoms with van der Waals surface area (Å²) in [5.74, 6) is 0.847. The maximum Gasteiger partial charge on any atom is 0.251 e. The van der Waals surface area contributed by atoms with Crippen molar-refractivity contribution in [1.82, 2.24) is 5.32 Å². The van der Waals surface area contributed by atoms with Crippen molar-refractivity contribution in [2.24, 2.45) is 0 Å². The van der Waals surface area contributed by atoms with E-state index in [1.807, 2.05) is 73.7 Å². The highest BCUT2D eigenvalue weighted by molar-refractivity contribution is 5.94. The maximum atomic E-state index is 12.6. The van der Waals surface area contributed by atoms with Crippen molar-refractivity contribution in [3.05, 3.63) is 90.0 Å². The number of hydrogen-bond acceptors (Lipinski definition) is 2. The molecule has 0 bridgehead atoms. The Labute approximate surface area is 192 Å². The third-order valence-corrected chi connectivity index (χ3v) is 5.75. The van der Waals surface area contributed by atoms with Crippen molar-refractivity contribution < 1.29 is 9.53 Å². The maximum absolute atomic E-state index is 12.6. The topological polar surface area (TPSA) is 38.3 Å². The van der Waals surface area contributed by atoms with Crippen LogP contribution >= 0.6 is 0 Å². The van der Waals surface area contributed by atoms with Crippen molar-refractivity contribution in [3.8, 4) is 16.9 Å². The normalized spacial score (nSPS) is 11.7. The highest BCUT2D eigenvalue weighted by Crippen LogP contribution is 2.23. The summed E-state index contributed by atoms with van der Waals surface area (Å²) in [6.07, 6.45) is 7.60. The van der Waals surface area contributed by atoms with Gasteiger partial charge in [-0.05, 0) is 54.3 Å². The Kier molecular flexibility index (Phi) is 9.37. The highest BCUT2D eigenvalue weighted by Gasteiger charge is 2.11. The van der Waals surface area contributed by atoms with Gasteiger partial charge >= 0.3 is 0 Å². The summed E-state index contributed by atoms with van der Waals surface area (Å²) in [5.41, 5.74) is 3.95. The van der Waals surface area contributed by atoms with E-state index in [1.165, 1.54) is 32.1 Å². The molecule has 0 radical (unpaired) electrons. The van der Waals surface area contributed by atoms with Gasteiger partial charge in [-0.2, -0.15) is 0 Å². The molecule has 0 aromatic heterocycles. The first-order valence-corrected chi connectivity index (χ1v) is 11.9. The van der Waals surface area contributed by atoms with Gasteiger partial charge in [0.1, 0.15) is 5.75 Å². The summed E-state index contributed by atoms with van der Waals surface area (Å²) >= 11 is 0. The van der Waals surface area contributed by atoms with Gasteiger partial charge in [0, 0.05) is 5.56 Å². The van der Waals surface area contributed by atoms with Crippen LogP contribution in [0.5, 0.6) is 5.75 Å². The summed E-state index contributed by atoms with van der Waals surface area (Å²) in [7, 11) is 0. The molecule has 1 atom stereocenters. The average Bonchev–Trinajstić information content (AvgIpc) is 2.84. The molecule has 168 valence electrons. The lowest BCUT2D eigenvalue weighted by molar-refractivity contribution is 0.0940. The van der Waals surface area contributed by atoms with Crippen molar-refractivity contribution in [2.75, 3.05) is 6.61 Å². The predicted octanol–water partition coefficient (Wildman–Crippen LogP) is 7.58. The van der Waals surface area contributed by atoms with Gasteiger partial charge < -0.3 is 10.1 Å². The van der Waals surface area contributed by atoms with Crippen molar-refractivity contribution in [1.29, 1.82) is 0 Å². The lowest BCUT2D eigenvalue weighted by Crippen LogP contribution is -2.26. The van der Waals surface area contributed by atoms with Crippen LogP contribution in [0.2, 0.25) is 0 Å². The Morgan fingerprint density at radius 2 is 1.38 bits per heavy atom. The van der Waals surface area contributed by atoms with Crippen LogP contribution < -0.4 is 10.1 Å². The summed E-state index contributed by atoms with van der Waals surface area (Å²) in [5, 5.41) is 3.06. The van der Waals surface area contributed by atoms with Crippen LogP contribution in [0.4, 0.5) is 0 Å². The molecular weight excluding hydrogens is 394 g/mol. The van der Waals surface area contributed by atoms with Gasteiger partial charge in [-0.15, -0.1) is 0 Å². The number of carbonyl (C=O) groups is 1. The fourth-order valence-electron chi connectivity index (χ4n) is 3.74. The molecule has 3 aromatic rings. The lowest BCUT2D eigenvalue weighted by atomic mass is 10.0. The number of nitrogens with one attached hydrogen (secondary N) is 1. The van der Waals surface area contributed by atoms with Gasteiger partial charge in [-0.25, -0.2) is 0 Å². The van der Waals surface area contributed by atoms with E-state index in [2.05, 4.69) is 24.4 Å². The molecule has 0 aliphatic heterocycles. The fourth-order valence-corrected chi connectivity index (χ4v) is 3.74. The Morgan fingerprint density at radius 1 is 0.781 bits per heavy atom. The van der Waals surface area contributed by atoms with Crippen LogP contribution in [-0.2, 0) is 0 Å². The zero-order valence-corrected chi connectivity index (χ0v) is 19.3. The van der Waals surface area contributed by atoms with Crippen molar-refractivity contribution in [2.45, 2.75) is 58.4 Å². The summed E-state index contributed by atoms with van der Waals surface area (Å²) < 4.78 is 5.87. The minimum atomic E-state index is -0.0636. The van der Waals surface area contributed by atoms with Crippen LogP contribution in [0.15, 0.2) is 78.9 Å². The smallest absolute Gasteiger partial charge is 0.251 e. The average molecular weight is 430 g/mol. The van der Waals surface area contributed by atoms with Crippen LogP contribution in [-0.4, -0.2) is 12.5 Å². The zero-order chi connectivity index (χ0) is 22.6. The second-order valence-electron chi connectivity index (χ2n) is 8.32. The van der Waals surface area contributed by atoms with E-state index < -0.39 is 0 Å². The van der Waals surface area contributed by atoms with Crippen molar-refractivity contribution in [3.63, 3.8) is 0 Å². The number of hydrogen-bond donors (Lipinski definition) is 1. The van der Waals surface area contributed by atoms with Gasteiger partial charge in [0.2, 0.25) is 0 Å². The van der Waals surface area contributed by atoms with E-state index in [1.54, 1.807) is 0 Å². The van der Waals surface area contributed by atoms with E-state index in [0.717, 1.165) is 35.5 Å². The molecule has 0 spiro atoms. The lowest BCUT2D eigenvalue weighted by Gasteiger charge is -2.14. The second-order valence-corrected chi connectivity index (χ2v) is 8.32. The molecule has 0 aliphatic carbocycles. The van der Waals surface area contributed by atoms with Crippen molar-refractivity contribution >= 4 is 5.91 Å². The molecule has 32 heavy (non-hydrogen) atoms. The second kappa shape index (κ2) is 12.7. The van der Waals surface area contributed by atoms with Crippen LogP contribution in [0.25, 0.3) is 11.1 Å². The molecule has 3 nitrogen and oxygen atoms in total. The van der Waals surface area contributed by atoms with Gasteiger partial charge in [0.15, 0.2) is 0 Å². The van der Waals surface area contributed by atoms with E-state index in [-0.39, 0.29) is 11.9 Å². The van der Waals surface area contributed by atoms with Gasteiger partial charge in [0.05, 0.1) is 12.6 Å². The number of unbranched alkanes of at least 4 members (excludes halogenated alkanes) is 5. The first-order chi connectivity index (χ1) is 15.7. The molecule has 3 heteroatoms. The predicted molar refractivity (Wildman–Crippen MR) is 133 cm³/mol. The minimum Gasteiger partial charge on any atom is -0.494 e. The number of benzene rings is 3. The van der Waals surface area contributed by atoms with Crippen LogP contribution in [0.1, 0.15) is 74.3 Å². The summed E-state index contributed by atoms with van der Waals surface area (Å²) in [6, 6.07) is 25.9. The van der Waals surface area contributed by atoms with E-state index in [4.69, 9.17) is 4.74 Å². The molecule has 0 aliphatic rings. The van der Waals surface area contributed by atoms with Gasteiger partial charge in [-0.1, -0.05) is 93.6 Å². The molecule has 0 saturated carbocycles. The van der Waals surface area contributed by atoms with Crippen LogP contribution in [0.3, 0.4) is 0 Å². The van der Waals surface area contributed by atoms with E-state index in [9.17, 15) is 4.79 Å². The molecule has 0 saturated heterocycles. The zero-order valence-electron chi connectivity index (χ0n) is 19.3. The Morgan fingerprint density at radius 3 is 2.03 bits per heavy atom. The molecule has 1 amide bonds. The summed E-state index contributed by atoms with van der Waals surface area (Å²) in [6.45, 7) is 5.01. The third kappa shape index (κ3) is 7.26. The van der Waals surface area contributed by atoms with E-state index >= 15 is 0 Å². The number of rotatable bonds is 12. The fraction of sp³-hybridized carbons (Fsp3) is 0.345. The van der Waals surface area contributed by atoms with Gasteiger partial charge in [0.25, 0.3) is 5.91 Å². The molecule has 0 heterocycles. The highest BCUT2D eigenvalue weighted by atomic mass is 16.5. The quantitative estimate of drug-likeness (QED) is 0.301. The van der Waals surface area contributed by atoms with E-state index in [0.29, 0.717) is 5.56 Å². The number of ether oxygens (including phenoxy) is 1. The van der Waals surface area contributed by atoms with Gasteiger partial charge in [-0.3, -0.25) is 4.79 Å². The molecule has 3 aromatic carbocycles. The number of amides is 1. The Hall–Kier alpha value is -3.07. The standard InChI is InChI=1S/C29H35NO2/c1-3-4-5-6-7-11-22-32-28-20-18-26(19-21-28)25-14-16-27(17-15-25)29(31)30-23(2)24-12-9-8-10-13-24/h8-10,12-21,23H,3-7,11,22H2,1-2H3,(H,30,31)/t23-/m1/s1. The largest absolute Gasteiger partial charge is 0.494 e. The number of carbonyl (C=O) groups excluding carboxylic acids is 1.